The highest BCUT2D eigenvalue weighted by molar-refractivity contribution is 5.87. The number of nitrogens with one attached hydrogen (secondary N) is 1. The molecule has 7 heteroatoms. The van der Waals surface area contributed by atoms with Crippen LogP contribution >= 0.6 is 0 Å². The van der Waals surface area contributed by atoms with E-state index in [9.17, 15) is 22.8 Å². The summed E-state index contributed by atoms with van der Waals surface area (Å²) in [5.74, 6) is -3.79. The zero-order valence-corrected chi connectivity index (χ0v) is 11.2. The predicted molar refractivity (Wildman–Crippen MR) is 73.3 cm³/mol. The molecule has 2 N–H and O–H groups in total. The Balaban J connectivity index is 2.19. The number of benzene rings is 2. The number of fused-ring (bicyclic) bond motifs is 1. The fraction of sp³-hybridized carbons (Fsp3) is 0.200. The SMILES string of the molecule is O=C(O)[C@H](Cc1ccc2ccccc2c1)NC(=O)C(F)(F)F. The number of amides is 1. The van der Waals surface area contributed by atoms with Gasteiger partial charge in [0.25, 0.3) is 0 Å². The summed E-state index contributed by atoms with van der Waals surface area (Å²) >= 11 is 0. The van der Waals surface area contributed by atoms with Gasteiger partial charge in [-0.3, -0.25) is 4.79 Å². The molecule has 0 aliphatic carbocycles. The Hall–Kier alpha value is -2.57. The lowest BCUT2D eigenvalue weighted by Crippen LogP contribution is -2.47. The van der Waals surface area contributed by atoms with Crippen molar-refractivity contribution in [2.75, 3.05) is 0 Å². The second kappa shape index (κ2) is 6.05. The van der Waals surface area contributed by atoms with Crippen LogP contribution in [0.5, 0.6) is 0 Å². The van der Waals surface area contributed by atoms with Crippen LogP contribution in [0.1, 0.15) is 5.56 Å². The van der Waals surface area contributed by atoms with Crippen LogP contribution in [0.4, 0.5) is 13.2 Å². The first-order valence-corrected chi connectivity index (χ1v) is 6.35. The second-order valence-electron chi connectivity index (χ2n) is 4.75. The number of hydrogen-bond acceptors (Lipinski definition) is 2. The Bertz CT molecular complexity index is 712. The highest BCUT2D eigenvalue weighted by atomic mass is 19.4. The molecule has 0 radical (unpaired) electrons. The maximum absolute atomic E-state index is 12.2. The zero-order valence-electron chi connectivity index (χ0n) is 11.2. The maximum atomic E-state index is 12.2. The van der Waals surface area contributed by atoms with Crippen molar-refractivity contribution >= 4 is 22.6 Å². The summed E-state index contributed by atoms with van der Waals surface area (Å²) in [5.41, 5.74) is 0.522. The lowest BCUT2D eigenvalue weighted by atomic mass is 10.0. The summed E-state index contributed by atoms with van der Waals surface area (Å²) in [4.78, 5) is 21.9. The fourth-order valence-electron chi connectivity index (χ4n) is 2.04. The van der Waals surface area contributed by atoms with Gasteiger partial charge in [0, 0.05) is 6.42 Å². The largest absolute Gasteiger partial charge is 0.480 e. The van der Waals surface area contributed by atoms with Gasteiger partial charge in [0.2, 0.25) is 0 Å². The normalized spacial score (nSPS) is 12.9. The van der Waals surface area contributed by atoms with Crippen molar-refractivity contribution in [1.29, 1.82) is 0 Å². The summed E-state index contributed by atoms with van der Waals surface area (Å²) in [7, 11) is 0. The molecule has 22 heavy (non-hydrogen) atoms. The van der Waals surface area contributed by atoms with Crippen LogP contribution < -0.4 is 5.32 Å². The van der Waals surface area contributed by atoms with E-state index < -0.39 is 24.1 Å². The highest BCUT2D eigenvalue weighted by Crippen LogP contribution is 2.18. The van der Waals surface area contributed by atoms with Gasteiger partial charge in [0.1, 0.15) is 6.04 Å². The predicted octanol–water partition coefficient (Wildman–Crippen LogP) is 2.51. The number of halogens is 3. The monoisotopic (exact) mass is 311 g/mol. The van der Waals surface area contributed by atoms with Crippen molar-refractivity contribution in [3.63, 3.8) is 0 Å². The van der Waals surface area contributed by atoms with Gasteiger partial charge >= 0.3 is 18.1 Å². The average Bonchev–Trinajstić information content (AvgIpc) is 2.45. The smallest absolute Gasteiger partial charge is 0.471 e. The van der Waals surface area contributed by atoms with E-state index in [-0.39, 0.29) is 6.42 Å². The standard InChI is InChI=1S/C15H12F3NO3/c16-15(17,18)14(22)19-12(13(20)21)8-9-5-6-10-3-1-2-4-11(10)7-9/h1-7,12H,8H2,(H,19,22)(H,20,21)/t12-/m0/s1. The minimum absolute atomic E-state index is 0.234. The van der Waals surface area contributed by atoms with Gasteiger partial charge < -0.3 is 10.4 Å². The number of carbonyl (C=O) groups is 2. The van der Waals surface area contributed by atoms with E-state index in [1.54, 1.807) is 24.3 Å². The molecule has 0 aliphatic heterocycles. The van der Waals surface area contributed by atoms with Crippen molar-refractivity contribution in [1.82, 2.24) is 5.32 Å². The Morgan fingerprint density at radius 3 is 2.32 bits per heavy atom. The van der Waals surface area contributed by atoms with Gasteiger partial charge in [0.05, 0.1) is 0 Å². The maximum Gasteiger partial charge on any atom is 0.471 e. The van der Waals surface area contributed by atoms with Gasteiger partial charge in [-0.25, -0.2) is 4.79 Å². The molecule has 1 atom stereocenters. The van der Waals surface area contributed by atoms with Crippen LogP contribution in [-0.2, 0) is 16.0 Å². The van der Waals surface area contributed by atoms with Gasteiger partial charge in [0.15, 0.2) is 0 Å². The first-order chi connectivity index (χ1) is 10.3. The summed E-state index contributed by atoms with van der Waals surface area (Å²) in [5, 5.41) is 12.2. The average molecular weight is 311 g/mol. The van der Waals surface area contributed by atoms with Gasteiger partial charge in [-0.2, -0.15) is 13.2 Å². The quantitative estimate of drug-likeness (QED) is 0.912. The van der Waals surface area contributed by atoms with Crippen LogP contribution in [0.2, 0.25) is 0 Å². The number of carboxylic acids is 1. The number of alkyl halides is 3. The van der Waals surface area contributed by atoms with E-state index in [0.29, 0.717) is 5.56 Å². The molecular weight excluding hydrogens is 299 g/mol. The van der Waals surface area contributed by atoms with Crippen molar-refractivity contribution < 1.29 is 27.9 Å². The lowest BCUT2D eigenvalue weighted by molar-refractivity contribution is -0.175. The van der Waals surface area contributed by atoms with Crippen LogP contribution in [0.25, 0.3) is 10.8 Å². The summed E-state index contributed by atoms with van der Waals surface area (Å²) in [6.45, 7) is 0. The van der Waals surface area contributed by atoms with E-state index in [4.69, 9.17) is 5.11 Å². The Labute approximate surface area is 123 Å². The molecule has 0 bridgehead atoms. The molecule has 116 valence electrons. The third-order valence-electron chi connectivity index (χ3n) is 3.11. The molecule has 0 saturated heterocycles. The molecule has 0 unspecified atom stereocenters. The van der Waals surface area contributed by atoms with E-state index in [2.05, 4.69) is 0 Å². The highest BCUT2D eigenvalue weighted by Gasteiger charge is 2.40. The zero-order chi connectivity index (χ0) is 16.3. The molecule has 2 aromatic rings. The third kappa shape index (κ3) is 3.75. The molecule has 2 rings (SSSR count). The van der Waals surface area contributed by atoms with Gasteiger partial charge in [-0.1, -0.05) is 42.5 Å². The Kier molecular flexibility index (Phi) is 4.35. The fourth-order valence-corrected chi connectivity index (χ4v) is 2.04. The first kappa shape index (κ1) is 15.8. The minimum Gasteiger partial charge on any atom is -0.480 e. The van der Waals surface area contributed by atoms with E-state index in [1.165, 1.54) is 5.32 Å². The molecule has 0 aliphatic rings. The van der Waals surface area contributed by atoms with Crippen LogP contribution in [0.3, 0.4) is 0 Å². The number of rotatable bonds is 4. The molecule has 2 aromatic carbocycles. The minimum atomic E-state index is -5.11. The molecule has 0 aromatic heterocycles. The summed E-state index contributed by atoms with van der Waals surface area (Å²) < 4.78 is 36.6. The van der Waals surface area contributed by atoms with E-state index in [1.807, 2.05) is 18.2 Å². The summed E-state index contributed by atoms with van der Waals surface area (Å²) in [6.07, 6.45) is -5.35. The molecule has 0 saturated carbocycles. The van der Waals surface area contributed by atoms with Crippen LogP contribution in [0, 0.1) is 0 Å². The van der Waals surface area contributed by atoms with E-state index in [0.717, 1.165) is 10.8 Å². The molecule has 0 heterocycles. The van der Waals surface area contributed by atoms with Crippen LogP contribution in [0.15, 0.2) is 42.5 Å². The molecule has 0 spiro atoms. The molecule has 0 fully saturated rings. The first-order valence-electron chi connectivity index (χ1n) is 6.35. The number of carboxylic acid groups (broad SMARTS) is 1. The second-order valence-corrected chi connectivity index (χ2v) is 4.75. The van der Waals surface area contributed by atoms with Crippen molar-refractivity contribution in [3.8, 4) is 0 Å². The van der Waals surface area contributed by atoms with Gasteiger partial charge in [-0.15, -0.1) is 0 Å². The third-order valence-corrected chi connectivity index (χ3v) is 3.11. The van der Waals surface area contributed by atoms with Crippen LogP contribution in [-0.4, -0.2) is 29.2 Å². The van der Waals surface area contributed by atoms with Gasteiger partial charge in [-0.05, 0) is 16.3 Å². The number of carbonyl (C=O) groups excluding carboxylic acids is 1. The molecular formula is C15H12F3NO3. The number of hydrogen-bond donors (Lipinski definition) is 2. The molecule has 1 amide bonds. The summed E-state index contributed by atoms with van der Waals surface area (Å²) in [6, 6.07) is 10.7. The van der Waals surface area contributed by atoms with Crippen molar-refractivity contribution in [2.45, 2.75) is 18.6 Å². The van der Waals surface area contributed by atoms with Crippen molar-refractivity contribution in [2.24, 2.45) is 0 Å². The molecule has 4 nitrogen and oxygen atoms in total. The number of aliphatic carboxylic acids is 1. The topological polar surface area (TPSA) is 66.4 Å². The van der Waals surface area contributed by atoms with Crippen molar-refractivity contribution in [3.05, 3.63) is 48.0 Å². The lowest BCUT2D eigenvalue weighted by Gasteiger charge is -2.16. The van der Waals surface area contributed by atoms with E-state index >= 15 is 0 Å². The Morgan fingerprint density at radius 1 is 1.09 bits per heavy atom. The Morgan fingerprint density at radius 2 is 1.73 bits per heavy atom.